The minimum atomic E-state index is -0.497. The normalized spacial score (nSPS) is 12.0. The molecule has 0 aromatic heterocycles. The molecular formula is C9H12Cl2FNO. The van der Waals surface area contributed by atoms with E-state index >= 15 is 0 Å². The molecule has 0 radical (unpaired) electrons. The molecule has 5 heteroatoms. The van der Waals surface area contributed by atoms with Crippen molar-refractivity contribution in [3.8, 4) is 0 Å². The van der Waals surface area contributed by atoms with Gasteiger partial charge in [-0.15, -0.1) is 12.4 Å². The van der Waals surface area contributed by atoms with Crippen molar-refractivity contribution in [1.82, 2.24) is 0 Å². The number of rotatable bonds is 3. The summed E-state index contributed by atoms with van der Waals surface area (Å²) in [4.78, 5) is 0. The van der Waals surface area contributed by atoms with Gasteiger partial charge in [0.25, 0.3) is 0 Å². The minimum Gasteiger partial charge on any atom is -0.396 e. The maximum atomic E-state index is 13.1. The number of benzene rings is 1. The topological polar surface area (TPSA) is 46.2 Å². The fraction of sp³-hybridized carbons (Fsp3) is 0.333. The second-order valence-corrected chi connectivity index (χ2v) is 3.22. The summed E-state index contributed by atoms with van der Waals surface area (Å²) >= 11 is 5.68. The van der Waals surface area contributed by atoms with Crippen molar-refractivity contribution in [2.24, 2.45) is 5.73 Å². The Morgan fingerprint density at radius 1 is 1.50 bits per heavy atom. The number of hydrogen-bond acceptors (Lipinski definition) is 2. The maximum absolute atomic E-state index is 13.1. The van der Waals surface area contributed by atoms with Crippen LogP contribution in [0.15, 0.2) is 18.2 Å². The summed E-state index contributed by atoms with van der Waals surface area (Å²) in [6.45, 7) is -0.0624. The first-order valence-corrected chi connectivity index (χ1v) is 4.34. The molecule has 3 N–H and O–H groups in total. The van der Waals surface area contributed by atoms with Crippen LogP contribution < -0.4 is 5.73 Å². The van der Waals surface area contributed by atoms with Gasteiger partial charge in [-0.3, -0.25) is 0 Å². The van der Waals surface area contributed by atoms with Gasteiger partial charge >= 0.3 is 0 Å². The standard InChI is InChI=1S/C9H11ClFNO.ClH/c10-6-1-2-8(11)7(5-6)9(12)3-4-13;/h1-2,5,9,13H,3-4,12H2;1H/t9-;/m1./s1. The van der Waals surface area contributed by atoms with Crippen molar-refractivity contribution in [2.75, 3.05) is 6.61 Å². The monoisotopic (exact) mass is 239 g/mol. The molecular weight excluding hydrogens is 228 g/mol. The van der Waals surface area contributed by atoms with Crippen LogP contribution in [-0.4, -0.2) is 11.7 Å². The van der Waals surface area contributed by atoms with Gasteiger partial charge in [-0.1, -0.05) is 11.6 Å². The third kappa shape index (κ3) is 3.42. The minimum absolute atomic E-state index is 0. The van der Waals surface area contributed by atoms with E-state index in [2.05, 4.69) is 0 Å². The van der Waals surface area contributed by atoms with E-state index in [1.165, 1.54) is 18.2 Å². The van der Waals surface area contributed by atoms with Gasteiger partial charge in [-0.25, -0.2) is 4.39 Å². The lowest BCUT2D eigenvalue weighted by molar-refractivity contribution is 0.275. The van der Waals surface area contributed by atoms with E-state index in [1.54, 1.807) is 0 Å². The average molecular weight is 240 g/mol. The largest absolute Gasteiger partial charge is 0.396 e. The van der Waals surface area contributed by atoms with Crippen LogP contribution in [0.25, 0.3) is 0 Å². The highest BCUT2D eigenvalue weighted by atomic mass is 35.5. The molecule has 0 spiro atoms. The van der Waals surface area contributed by atoms with Crippen molar-refractivity contribution in [3.05, 3.63) is 34.6 Å². The molecule has 0 saturated heterocycles. The molecule has 1 rings (SSSR count). The van der Waals surface area contributed by atoms with Crippen LogP contribution in [0.2, 0.25) is 5.02 Å². The van der Waals surface area contributed by atoms with Crippen LogP contribution >= 0.6 is 24.0 Å². The summed E-state index contributed by atoms with van der Waals surface area (Å²) in [5.41, 5.74) is 5.97. The summed E-state index contributed by atoms with van der Waals surface area (Å²) in [5.74, 6) is -0.384. The van der Waals surface area contributed by atoms with E-state index in [0.717, 1.165) is 0 Å². The van der Waals surface area contributed by atoms with Gasteiger partial charge in [0, 0.05) is 23.2 Å². The molecule has 0 aliphatic rings. The Balaban J connectivity index is 0.00000169. The van der Waals surface area contributed by atoms with Gasteiger partial charge in [-0.2, -0.15) is 0 Å². The summed E-state index contributed by atoms with van der Waals surface area (Å²) in [5, 5.41) is 9.07. The van der Waals surface area contributed by atoms with Crippen molar-refractivity contribution in [2.45, 2.75) is 12.5 Å². The van der Waals surface area contributed by atoms with Crippen LogP contribution in [0.5, 0.6) is 0 Å². The number of nitrogens with two attached hydrogens (primary N) is 1. The van der Waals surface area contributed by atoms with E-state index in [0.29, 0.717) is 17.0 Å². The van der Waals surface area contributed by atoms with Gasteiger partial charge in [0.15, 0.2) is 0 Å². The first-order chi connectivity index (χ1) is 6.15. The molecule has 0 bridgehead atoms. The van der Waals surface area contributed by atoms with E-state index < -0.39 is 6.04 Å². The molecule has 0 saturated carbocycles. The molecule has 1 atom stereocenters. The zero-order valence-corrected chi connectivity index (χ0v) is 8.98. The van der Waals surface area contributed by atoms with Crippen molar-refractivity contribution in [1.29, 1.82) is 0 Å². The zero-order chi connectivity index (χ0) is 9.84. The summed E-state index contributed by atoms with van der Waals surface area (Å²) in [6.07, 6.45) is 0.331. The predicted molar refractivity (Wildman–Crippen MR) is 57.3 cm³/mol. The van der Waals surface area contributed by atoms with Crippen LogP contribution in [0.1, 0.15) is 18.0 Å². The summed E-state index contributed by atoms with van der Waals surface area (Å²) in [7, 11) is 0. The Labute approximate surface area is 93.3 Å². The fourth-order valence-electron chi connectivity index (χ4n) is 1.09. The van der Waals surface area contributed by atoms with Crippen molar-refractivity contribution >= 4 is 24.0 Å². The first-order valence-electron chi connectivity index (χ1n) is 3.96. The van der Waals surface area contributed by atoms with Crippen molar-refractivity contribution in [3.63, 3.8) is 0 Å². The van der Waals surface area contributed by atoms with Gasteiger partial charge in [0.1, 0.15) is 5.82 Å². The number of hydrogen-bond donors (Lipinski definition) is 2. The molecule has 0 unspecified atom stereocenters. The maximum Gasteiger partial charge on any atom is 0.128 e. The Morgan fingerprint density at radius 2 is 2.14 bits per heavy atom. The summed E-state index contributed by atoms with van der Waals surface area (Å²) < 4.78 is 13.1. The van der Waals surface area contributed by atoms with Gasteiger partial charge < -0.3 is 10.8 Å². The third-order valence-electron chi connectivity index (χ3n) is 1.80. The van der Waals surface area contributed by atoms with Crippen LogP contribution in [0.4, 0.5) is 4.39 Å². The highest BCUT2D eigenvalue weighted by molar-refractivity contribution is 6.30. The Hall–Kier alpha value is -0.350. The van der Waals surface area contributed by atoms with Crippen LogP contribution in [0, 0.1) is 5.82 Å². The van der Waals surface area contributed by atoms with E-state index in [9.17, 15) is 4.39 Å². The van der Waals surface area contributed by atoms with Gasteiger partial charge in [-0.05, 0) is 24.6 Å². The Morgan fingerprint density at radius 3 is 2.71 bits per heavy atom. The molecule has 1 aromatic carbocycles. The van der Waals surface area contributed by atoms with E-state index in [4.69, 9.17) is 22.4 Å². The predicted octanol–water partition coefficient (Wildman–Crippen LogP) is 2.28. The molecule has 2 nitrogen and oxygen atoms in total. The Kier molecular flexibility index (Phi) is 6.04. The molecule has 0 amide bonds. The SMILES string of the molecule is Cl.N[C@H](CCO)c1cc(Cl)ccc1F. The van der Waals surface area contributed by atoms with Crippen LogP contribution in [-0.2, 0) is 0 Å². The lowest BCUT2D eigenvalue weighted by Crippen LogP contribution is -2.13. The summed E-state index contributed by atoms with van der Waals surface area (Å²) in [6, 6.07) is 3.72. The van der Waals surface area contributed by atoms with Gasteiger partial charge in [0.05, 0.1) is 0 Å². The van der Waals surface area contributed by atoms with E-state index in [1.807, 2.05) is 0 Å². The quantitative estimate of drug-likeness (QED) is 0.851. The highest BCUT2D eigenvalue weighted by Crippen LogP contribution is 2.21. The Bertz CT molecular complexity index is 296. The second-order valence-electron chi connectivity index (χ2n) is 2.78. The smallest absolute Gasteiger partial charge is 0.128 e. The first kappa shape index (κ1) is 13.7. The lowest BCUT2D eigenvalue weighted by Gasteiger charge is -2.11. The number of halogens is 3. The highest BCUT2D eigenvalue weighted by Gasteiger charge is 2.10. The molecule has 14 heavy (non-hydrogen) atoms. The number of aliphatic hydroxyl groups excluding tert-OH is 1. The third-order valence-corrected chi connectivity index (χ3v) is 2.03. The molecule has 80 valence electrons. The molecule has 0 heterocycles. The second kappa shape index (κ2) is 6.19. The lowest BCUT2D eigenvalue weighted by atomic mass is 10.0. The molecule has 1 aromatic rings. The molecule has 0 fully saturated rings. The van der Waals surface area contributed by atoms with Crippen molar-refractivity contribution < 1.29 is 9.50 Å². The van der Waals surface area contributed by atoms with Crippen LogP contribution in [0.3, 0.4) is 0 Å². The zero-order valence-electron chi connectivity index (χ0n) is 7.41. The fourth-order valence-corrected chi connectivity index (χ4v) is 1.27. The average Bonchev–Trinajstić information content (AvgIpc) is 2.09. The number of aliphatic hydroxyl groups is 1. The van der Waals surface area contributed by atoms with Gasteiger partial charge in [0.2, 0.25) is 0 Å². The molecule has 0 aliphatic heterocycles. The molecule has 0 aliphatic carbocycles. The van der Waals surface area contributed by atoms with E-state index in [-0.39, 0.29) is 24.8 Å².